The third kappa shape index (κ3) is 3.22. The molecule has 21 heavy (non-hydrogen) atoms. The van der Waals surface area contributed by atoms with Crippen molar-refractivity contribution in [3.63, 3.8) is 0 Å². The number of hydrogen-bond donors (Lipinski definition) is 1. The summed E-state index contributed by atoms with van der Waals surface area (Å²) in [4.78, 5) is 4.48. The Morgan fingerprint density at radius 2 is 1.95 bits per heavy atom. The van der Waals surface area contributed by atoms with Crippen molar-refractivity contribution < 1.29 is 4.39 Å². The van der Waals surface area contributed by atoms with Crippen LogP contribution >= 0.6 is 15.9 Å². The van der Waals surface area contributed by atoms with Crippen LogP contribution in [0.5, 0.6) is 0 Å². The Morgan fingerprint density at radius 3 is 2.76 bits per heavy atom. The van der Waals surface area contributed by atoms with E-state index in [-0.39, 0.29) is 5.82 Å². The maximum atomic E-state index is 13.5. The quantitative estimate of drug-likeness (QED) is 0.718. The predicted molar refractivity (Wildman–Crippen MR) is 87.9 cm³/mol. The molecular weight excluding hydrogens is 331 g/mol. The van der Waals surface area contributed by atoms with Crippen molar-refractivity contribution in [2.45, 2.75) is 13.5 Å². The Bertz CT molecular complexity index is 802. The lowest BCUT2D eigenvalue weighted by Crippen LogP contribution is -2.00. The van der Waals surface area contributed by atoms with E-state index in [0.717, 1.165) is 27.8 Å². The molecule has 1 N–H and O–H groups in total. The van der Waals surface area contributed by atoms with Crippen LogP contribution in [-0.2, 0) is 6.54 Å². The number of nitrogens with zero attached hydrogens (tertiary/aromatic N) is 1. The molecule has 0 atom stereocenters. The third-order valence-corrected chi connectivity index (χ3v) is 3.95. The van der Waals surface area contributed by atoms with E-state index in [2.05, 4.69) is 38.4 Å². The van der Waals surface area contributed by atoms with Crippen molar-refractivity contribution in [2.75, 3.05) is 5.32 Å². The Balaban J connectivity index is 1.78. The number of halogens is 2. The van der Waals surface area contributed by atoms with Gasteiger partial charge in [0.05, 0.1) is 9.99 Å². The summed E-state index contributed by atoms with van der Waals surface area (Å²) < 4.78 is 13.9. The molecule has 0 spiro atoms. The van der Waals surface area contributed by atoms with Gasteiger partial charge in [-0.05, 0) is 64.8 Å². The first-order valence-corrected chi connectivity index (χ1v) is 7.46. The first-order chi connectivity index (χ1) is 10.1. The summed E-state index contributed by atoms with van der Waals surface area (Å²) in [5, 5.41) is 4.34. The average Bonchev–Trinajstić information content (AvgIpc) is 2.48. The van der Waals surface area contributed by atoms with Crippen LogP contribution in [0.4, 0.5) is 10.1 Å². The highest BCUT2D eigenvalue weighted by atomic mass is 79.9. The fraction of sp³-hybridized carbons (Fsp3) is 0.118. The molecule has 2 aromatic carbocycles. The molecule has 0 amide bonds. The summed E-state index contributed by atoms with van der Waals surface area (Å²) in [5.74, 6) is -0.266. The number of hydrogen-bond acceptors (Lipinski definition) is 2. The first-order valence-electron chi connectivity index (χ1n) is 6.67. The number of fused-ring (bicyclic) bond motifs is 1. The van der Waals surface area contributed by atoms with Gasteiger partial charge in [0.1, 0.15) is 5.82 Å². The fourth-order valence-corrected chi connectivity index (χ4v) is 2.44. The molecule has 1 heterocycles. The van der Waals surface area contributed by atoms with Crippen LogP contribution in [0.1, 0.15) is 11.3 Å². The van der Waals surface area contributed by atoms with Gasteiger partial charge >= 0.3 is 0 Å². The highest BCUT2D eigenvalue weighted by Crippen LogP contribution is 2.20. The zero-order chi connectivity index (χ0) is 14.8. The molecular formula is C17H14BrFN2. The van der Waals surface area contributed by atoms with Gasteiger partial charge in [-0.1, -0.05) is 12.1 Å². The molecule has 1 aromatic heterocycles. The van der Waals surface area contributed by atoms with Gasteiger partial charge in [0.15, 0.2) is 0 Å². The van der Waals surface area contributed by atoms with Crippen LogP contribution in [0.3, 0.4) is 0 Å². The number of rotatable bonds is 3. The molecule has 0 unspecified atom stereocenters. The van der Waals surface area contributed by atoms with Crippen molar-refractivity contribution in [3.05, 3.63) is 70.1 Å². The van der Waals surface area contributed by atoms with Crippen LogP contribution in [0, 0.1) is 12.7 Å². The number of pyridine rings is 1. The maximum absolute atomic E-state index is 13.5. The molecule has 3 aromatic rings. The second kappa shape index (κ2) is 5.82. The summed E-state index contributed by atoms with van der Waals surface area (Å²) in [6.45, 7) is 2.63. The van der Waals surface area contributed by atoms with Gasteiger partial charge in [-0.3, -0.25) is 4.98 Å². The smallest absolute Gasteiger partial charge is 0.139 e. The zero-order valence-corrected chi connectivity index (χ0v) is 13.1. The Labute approximate surface area is 131 Å². The number of aromatic nitrogens is 1. The lowest BCUT2D eigenvalue weighted by atomic mass is 10.1. The van der Waals surface area contributed by atoms with E-state index >= 15 is 0 Å². The first kappa shape index (κ1) is 14.0. The summed E-state index contributed by atoms with van der Waals surface area (Å²) in [6.07, 6.45) is 0. The fourth-order valence-electron chi connectivity index (χ4n) is 2.20. The molecule has 0 radical (unpaired) electrons. The highest BCUT2D eigenvalue weighted by Gasteiger charge is 2.02. The van der Waals surface area contributed by atoms with Gasteiger partial charge in [-0.25, -0.2) is 4.39 Å². The van der Waals surface area contributed by atoms with Crippen molar-refractivity contribution in [3.8, 4) is 0 Å². The second-order valence-corrected chi connectivity index (χ2v) is 5.82. The number of anilines is 1. The lowest BCUT2D eigenvalue weighted by Gasteiger charge is -2.08. The zero-order valence-electron chi connectivity index (χ0n) is 11.5. The van der Waals surface area contributed by atoms with E-state index in [0.29, 0.717) is 11.0 Å². The summed E-state index contributed by atoms with van der Waals surface area (Å²) in [7, 11) is 0. The molecule has 106 valence electrons. The van der Waals surface area contributed by atoms with Gasteiger partial charge in [0, 0.05) is 23.3 Å². The molecule has 0 bridgehead atoms. The molecule has 4 heteroatoms. The summed E-state index contributed by atoms with van der Waals surface area (Å²) >= 11 is 3.15. The molecule has 0 saturated heterocycles. The highest BCUT2D eigenvalue weighted by molar-refractivity contribution is 9.10. The van der Waals surface area contributed by atoms with Gasteiger partial charge < -0.3 is 5.32 Å². The Hall–Kier alpha value is -1.94. The standard InChI is InChI=1S/C17H14BrFN2/c1-11-2-4-13-8-12(3-7-17(13)21-11)10-20-14-5-6-15(18)16(19)9-14/h2-9,20H,10H2,1H3. The van der Waals surface area contributed by atoms with Crippen LogP contribution < -0.4 is 5.32 Å². The minimum atomic E-state index is -0.266. The largest absolute Gasteiger partial charge is 0.381 e. The van der Waals surface area contributed by atoms with Crippen LogP contribution in [0.2, 0.25) is 0 Å². The van der Waals surface area contributed by atoms with Crippen LogP contribution in [0.15, 0.2) is 53.0 Å². The number of aryl methyl sites for hydroxylation is 1. The van der Waals surface area contributed by atoms with Crippen molar-refractivity contribution >= 4 is 32.5 Å². The summed E-state index contributed by atoms with van der Waals surface area (Å²) in [5.41, 5.74) is 3.90. The molecule has 0 fully saturated rings. The summed E-state index contributed by atoms with van der Waals surface area (Å²) in [6, 6.07) is 15.3. The van der Waals surface area contributed by atoms with E-state index < -0.39 is 0 Å². The molecule has 3 rings (SSSR count). The van der Waals surface area contributed by atoms with E-state index in [1.54, 1.807) is 6.07 Å². The lowest BCUT2D eigenvalue weighted by molar-refractivity contribution is 0.621. The average molecular weight is 345 g/mol. The predicted octanol–water partition coefficient (Wildman–Crippen LogP) is 5.06. The molecule has 0 aliphatic rings. The SMILES string of the molecule is Cc1ccc2cc(CNc3ccc(Br)c(F)c3)ccc2n1. The van der Waals surface area contributed by atoms with E-state index in [9.17, 15) is 4.39 Å². The molecule has 0 saturated carbocycles. The van der Waals surface area contributed by atoms with Crippen LogP contribution in [-0.4, -0.2) is 4.98 Å². The number of benzene rings is 2. The number of nitrogens with one attached hydrogen (secondary N) is 1. The molecule has 0 aliphatic carbocycles. The van der Waals surface area contributed by atoms with E-state index in [1.807, 2.05) is 31.2 Å². The Morgan fingerprint density at radius 1 is 1.10 bits per heavy atom. The third-order valence-electron chi connectivity index (χ3n) is 3.31. The monoisotopic (exact) mass is 344 g/mol. The molecule has 2 nitrogen and oxygen atoms in total. The van der Waals surface area contributed by atoms with E-state index in [1.165, 1.54) is 6.07 Å². The van der Waals surface area contributed by atoms with Gasteiger partial charge in [-0.2, -0.15) is 0 Å². The van der Waals surface area contributed by atoms with Crippen molar-refractivity contribution in [1.29, 1.82) is 0 Å². The minimum absolute atomic E-state index is 0.266. The van der Waals surface area contributed by atoms with Crippen molar-refractivity contribution in [2.24, 2.45) is 0 Å². The van der Waals surface area contributed by atoms with Gasteiger partial charge in [0.2, 0.25) is 0 Å². The Kier molecular flexibility index (Phi) is 3.88. The maximum Gasteiger partial charge on any atom is 0.139 e. The normalized spacial score (nSPS) is 10.8. The van der Waals surface area contributed by atoms with Crippen LogP contribution in [0.25, 0.3) is 10.9 Å². The van der Waals surface area contributed by atoms with Gasteiger partial charge in [-0.15, -0.1) is 0 Å². The minimum Gasteiger partial charge on any atom is -0.381 e. The topological polar surface area (TPSA) is 24.9 Å². The molecule has 0 aliphatic heterocycles. The van der Waals surface area contributed by atoms with Crippen molar-refractivity contribution in [1.82, 2.24) is 4.98 Å². The van der Waals surface area contributed by atoms with E-state index in [4.69, 9.17) is 0 Å². The van der Waals surface area contributed by atoms with Gasteiger partial charge in [0.25, 0.3) is 0 Å². The second-order valence-electron chi connectivity index (χ2n) is 4.96.